The number of nitrogens with zero attached hydrogens (tertiary/aromatic N) is 3. The summed E-state index contributed by atoms with van der Waals surface area (Å²) in [5, 5.41) is 2.63. The maximum absolute atomic E-state index is 13.9. The van der Waals surface area contributed by atoms with Gasteiger partial charge < -0.3 is 19.1 Å². The highest BCUT2D eigenvalue weighted by Gasteiger charge is 2.33. The molecular weight excluding hydrogens is 519 g/mol. The second kappa shape index (κ2) is 11.3. The van der Waals surface area contributed by atoms with Crippen LogP contribution in [-0.4, -0.2) is 54.8 Å². The van der Waals surface area contributed by atoms with Crippen molar-refractivity contribution in [2.24, 2.45) is 0 Å². The Morgan fingerprint density at radius 3 is 2.74 bits per heavy atom. The van der Waals surface area contributed by atoms with Gasteiger partial charge in [0.2, 0.25) is 5.75 Å². The van der Waals surface area contributed by atoms with E-state index in [2.05, 4.69) is 10.3 Å². The molecule has 1 atom stereocenters. The van der Waals surface area contributed by atoms with E-state index in [1.54, 1.807) is 6.08 Å². The monoisotopic (exact) mass is 548 g/mol. The van der Waals surface area contributed by atoms with Crippen LogP contribution in [0.15, 0.2) is 29.1 Å². The fraction of sp³-hybridized carbons (Fsp3) is 0.440. The zero-order valence-corrected chi connectivity index (χ0v) is 21.9. The number of rotatable bonds is 2. The first-order valence-corrected chi connectivity index (χ1v) is 14.0. The van der Waals surface area contributed by atoms with Crippen molar-refractivity contribution in [1.82, 2.24) is 19.8 Å². The fourth-order valence-electron chi connectivity index (χ4n) is 4.45. The maximum atomic E-state index is 13.9. The molecule has 0 aliphatic carbocycles. The lowest BCUT2D eigenvalue weighted by atomic mass is 10.1. The number of benzene rings is 1. The summed E-state index contributed by atoms with van der Waals surface area (Å²) in [5.41, 5.74) is -0.262. The van der Waals surface area contributed by atoms with Crippen molar-refractivity contribution in [2.75, 3.05) is 19.9 Å². The molecule has 4 rings (SSSR count). The number of aromatic nitrogens is 2. The number of carbonyl (C=O) groups excluding carboxylic acids is 2. The predicted octanol–water partition coefficient (Wildman–Crippen LogP) is 2.75. The number of allylic oxidation sites excluding steroid dienone is 1. The van der Waals surface area contributed by atoms with E-state index in [9.17, 15) is 27.2 Å². The molecule has 0 radical (unpaired) electrons. The molecule has 1 unspecified atom stereocenters. The van der Waals surface area contributed by atoms with Gasteiger partial charge in [0.05, 0.1) is 18.9 Å². The average molecular weight is 549 g/mol. The molecule has 1 aromatic heterocycles. The minimum absolute atomic E-state index is 0.0534. The van der Waals surface area contributed by atoms with E-state index in [1.165, 1.54) is 34.7 Å². The Morgan fingerprint density at radius 1 is 1.18 bits per heavy atom. The molecule has 2 aliphatic heterocycles. The summed E-state index contributed by atoms with van der Waals surface area (Å²) in [5.74, 6) is -1.91. The second-order valence-corrected chi connectivity index (χ2v) is 10.8. The smallest absolute Gasteiger partial charge is 0.410 e. The van der Waals surface area contributed by atoms with Crippen molar-refractivity contribution in [3.8, 4) is 5.75 Å². The van der Waals surface area contributed by atoms with Crippen molar-refractivity contribution in [3.63, 3.8) is 0 Å². The van der Waals surface area contributed by atoms with E-state index in [4.69, 9.17) is 8.92 Å². The third kappa shape index (κ3) is 6.21. The van der Waals surface area contributed by atoms with E-state index in [1.807, 2.05) is 6.08 Å². The lowest BCUT2D eigenvalue weighted by Gasteiger charge is -2.27. The highest BCUT2D eigenvalue weighted by molar-refractivity contribution is 7.86. The maximum Gasteiger partial charge on any atom is 0.410 e. The van der Waals surface area contributed by atoms with Crippen LogP contribution in [0.3, 0.4) is 0 Å². The van der Waals surface area contributed by atoms with Crippen LogP contribution in [0.4, 0.5) is 9.18 Å². The molecule has 3 heterocycles. The molecule has 38 heavy (non-hydrogen) atoms. The predicted molar refractivity (Wildman–Crippen MR) is 136 cm³/mol. The molecule has 0 spiro atoms. The largest absolute Gasteiger partial charge is 0.449 e. The summed E-state index contributed by atoms with van der Waals surface area (Å²) in [7, 11) is -2.67. The number of ether oxygens (including phenoxy) is 1. The van der Waals surface area contributed by atoms with E-state index in [0.29, 0.717) is 43.2 Å². The standard InChI is InChI=1S/C25H29FN4O7S/c1-29-19-9-5-6-12-30-22(19)28-20(21(24(30)32)37-38(2,34)35)23(31)27-15-17-10-11-18(26)14-16(17)8-4-3-7-13-36-25(29)33/h4,8,10-11,14,19H,3,5-7,9,12-13,15H2,1-2H3,(H,27,31)/b8-4+. The average Bonchev–Trinajstić information content (AvgIpc) is 3.07. The van der Waals surface area contributed by atoms with Gasteiger partial charge >= 0.3 is 16.2 Å². The third-order valence-electron chi connectivity index (χ3n) is 6.36. The van der Waals surface area contributed by atoms with E-state index >= 15 is 0 Å². The Hall–Kier alpha value is -3.74. The minimum Gasteiger partial charge on any atom is -0.449 e. The molecule has 0 fully saturated rings. The van der Waals surface area contributed by atoms with Crippen LogP contribution in [0.2, 0.25) is 0 Å². The third-order valence-corrected chi connectivity index (χ3v) is 6.82. The number of cyclic esters (lactones) is 1. The van der Waals surface area contributed by atoms with Crippen LogP contribution in [0.25, 0.3) is 6.08 Å². The number of fused-ring (bicyclic) bond motifs is 2. The molecule has 13 heteroatoms. The SMILES string of the molecule is CN1C(=O)OCCC/C=C/c2cc(F)ccc2CNC(=O)c2nc3n(c(=O)c2OS(C)(=O)=O)CCCCC31. The topological polar surface area (TPSA) is 137 Å². The molecular formula is C25H29FN4O7S. The Kier molecular flexibility index (Phi) is 8.14. The normalized spacial score (nSPS) is 19.9. The second-order valence-electron chi connectivity index (χ2n) is 9.20. The highest BCUT2D eigenvalue weighted by atomic mass is 32.2. The van der Waals surface area contributed by atoms with Gasteiger partial charge in [0.1, 0.15) is 11.6 Å². The van der Waals surface area contributed by atoms with Gasteiger partial charge in [-0.2, -0.15) is 8.42 Å². The Balaban J connectivity index is 1.86. The van der Waals surface area contributed by atoms with Crippen molar-refractivity contribution in [1.29, 1.82) is 0 Å². The van der Waals surface area contributed by atoms with E-state index in [0.717, 1.165) is 6.26 Å². The zero-order valence-electron chi connectivity index (χ0n) is 21.1. The lowest BCUT2D eigenvalue weighted by Crippen LogP contribution is -2.38. The van der Waals surface area contributed by atoms with Gasteiger partial charge in [0.25, 0.3) is 11.5 Å². The number of hydrogen-bond donors (Lipinski definition) is 1. The summed E-state index contributed by atoms with van der Waals surface area (Å²) in [6.45, 7) is 0.290. The van der Waals surface area contributed by atoms with Crippen molar-refractivity contribution >= 4 is 28.2 Å². The Labute approximate surface area is 219 Å². The number of hydrogen-bond acceptors (Lipinski definition) is 8. The lowest BCUT2D eigenvalue weighted by molar-refractivity contribution is 0.0918. The summed E-state index contributed by atoms with van der Waals surface area (Å²) < 4.78 is 49.5. The van der Waals surface area contributed by atoms with E-state index in [-0.39, 0.29) is 25.5 Å². The molecule has 2 aromatic rings. The van der Waals surface area contributed by atoms with E-state index < -0.39 is 51.0 Å². The Morgan fingerprint density at radius 2 is 1.97 bits per heavy atom. The first-order chi connectivity index (χ1) is 18.0. The highest BCUT2D eigenvalue weighted by Crippen LogP contribution is 2.29. The first-order valence-electron chi connectivity index (χ1n) is 12.2. The molecule has 0 saturated carbocycles. The van der Waals surface area contributed by atoms with Gasteiger partial charge in [-0.25, -0.2) is 14.2 Å². The van der Waals surface area contributed by atoms with Crippen molar-refractivity contribution in [3.05, 3.63) is 63.1 Å². The molecule has 2 amide bonds. The van der Waals surface area contributed by atoms with Gasteiger partial charge in [0.15, 0.2) is 5.69 Å². The summed E-state index contributed by atoms with van der Waals surface area (Å²) >= 11 is 0. The molecule has 2 aliphatic rings. The van der Waals surface area contributed by atoms with Crippen LogP contribution in [0, 0.1) is 5.82 Å². The summed E-state index contributed by atoms with van der Waals surface area (Å²) in [6.07, 6.45) is 6.42. The molecule has 2 bridgehead atoms. The zero-order chi connectivity index (χ0) is 27.4. The van der Waals surface area contributed by atoms with Crippen LogP contribution in [-0.2, 0) is 27.9 Å². The number of nitrogens with one attached hydrogen (secondary N) is 1. The first kappa shape index (κ1) is 27.3. The molecule has 0 saturated heterocycles. The molecule has 204 valence electrons. The fourth-order valence-corrected chi connectivity index (χ4v) is 4.90. The quantitative estimate of drug-likeness (QED) is 0.566. The number of amides is 2. The van der Waals surface area contributed by atoms with Gasteiger partial charge in [-0.1, -0.05) is 18.2 Å². The molecule has 1 N–H and O–H groups in total. The van der Waals surface area contributed by atoms with Crippen LogP contribution < -0.4 is 15.1 Å². The minimum atomic E-state index is -4.19. The van der Waals surface area contributed by atoms with Gasteiger partial charge in [-0.05, 0) is 55.4 Å². The van der Waals surface area contributed by atoms with Crippen molar-refractivity contribution < 1.29 is 31.3 Å². The molecule has 11 nitrogen and oxygen atoms in total. The number of halogens is 1. The van der Waals surface area contributed by atoms with Crippen LogP contribution in [0.5, 0.6) is 5.75 Å². The van der Waals surface area contributed by atoms with Crippen LogP contribution >= 0.6 is 0 Å². The van der Waals surface area contributed by atoms with Gasteiger partial charge in [0, 0.05) is 20.1 Å². The summed E-state index contributed by atoms with van der Waals surface area (Å²) in [6, 6.07) is 3.39. The van der Waals surface area contributed by atoms with Crippen molar-refractivity contribution in [2.45, 2.75) is 51.2 Å². The molecule has 1 aromatic carbocycles. The van der Waals surface area contributed by atoms with Gasteiger partial charge in [-0.15, -0.1) is 0 Å². The van der Waals surface area contributed by atoms with Crippen LogP contribution in [0.1, 0.15) is 65.6 Å². The Bertz CT molecular complexity index is 1440. The number of carbonyl (C=O) groups is 2. The summed E-state index contributed by atoms with van der Waals surface area (Å²) in [4.78, 5) is 45.3. The van der Waals surface area contributed by atoms with Gasteiger partial charge in [-0.3, -0.25) is 14.2 Å².